The summed E-state index contributed by atoms with van der Waals surface area (Å²) < 4.78 is 16.4. The molecule has 3 heterocycles. The normalized spacial score (nSPS) is 14.4. The van der Waals surface area contributed by atoms with E-state index in [9.17, 15) is 9.18 Å². The van der Waals surface area contributed by atoms with Crippen molar-refractivity contribution in [2.24, 2.45) is 0 Å². The number of nitrogens with one attached hydrogen (secondary N) is 1. The molecule has 0 bridgehead atoms. The molecule has 7 nitrogen and oxygen atoms in total. The molecule has 1 amide bonds. The first kappa shape index (κ1) is 20.4. The van der Waals surface area contributed by atoms with Crippen LogP contribution in [0.4, 0.5) is 10.2 Å². The zero-order valence-corrected chi connectivity index (χ0v) is 18.4. The molecule has 1 fully saturated rings. The number of carbonyl (C=O) groups is 1. The molecule has 5 aromatic rings. The van der Waals surface area contributed by atoms with E-state index in [0.29, 0.717) is 11.5 Å². The quantitative estimate of drug-likeness (QED) is 0.401. The van der Waals surface area contributed by atoms with Gasteiger partial charge in [0.25, 0.3) is 17.6 Å². The van der Waals surface area contributed by atoms with E-state index in [1.807, 2.05) is 30.3 Å². The molecule has 34 heavy (non-hydrogen) atoms. The summed E-state index contributed by atoms with van der Waals surface area (Å²) >= 11 is 0. The molecule has 8 heteroatoms. The zero-order chi connectivity index (χ0) is 23.2. The summed E-state index contributed by atoms with van der Waals surface area (Å²) in [6.45, 7) is 2.08. The minimum absolute atomic E-state index is 0.0763. The third-order valence-corrected chi connectivity index (χ3v) is 6.26. The van der Waals surface area contributed by atoms with E-state index in [4.69, 9.17) is 0 Å². The lowest BCUT2D eigenvalue weighted by Crippen LogP contribution is -2.17. The number of fused-ring (bicyclic) bond motifs is 2. The minimum atomic E-state index is -0.861. The largest absolute Gasteiger partial charge is 0.301 e. The molecule has 1 N–H and O–H groups in total. The lowest BCUT2D eigenvalue weighted by Gasteiger charge is -2.15. The predicted octanol–water partition coefficient (Wildman–Crippen LogP) is 5.09. The predicted molar refractivity (Wildman–Crippen MR) is 126 cm³/mol. The number of aromatic nitrogens is 5. The highest BCUT2D eigenvalue weighted by atomic mass is 19.1. The van der Waals surface area contributed by atoms with Gasteiger partial charge < -0.3 is 5.32 Å². The fraction of sp³-hybridized carbons (Fsp3) is 0.192. The summed E-state index contributed by atoms with van der Waals surface area (Å²) in [6.07, 6.45) is 3.84. The van der Waals surface area contributed by atoms with Crippen LogP contribution in [-0.4, -0.2) is 30.5 Å². The number of pyridine rings is 1. The fourth-order valence-electron chi connectivity index (χ4n) is 4.31. The van der Waals surface area contributed by atoms with Crippen LogP contribution in [0.5, 0.6) is 0 Å². The smallest absolute Gasteiger partial charge is 0.261 e. The number of hydrogen-bond donors (Lipinski definition) is 1. The van der Waals surface area contributed by atoms with Gasteiger partial charge in [-0.3, -0.25) is 9.78 Å². The lowest BCUT2D eigenvalue weighted by molar-refractivity contribution is 0.102. The zero-order valence-electron chi connectivity index (χ0n) is 18.4. The number of anilines is 1. The van der Waals surface area contributed by atoms with E-state index in [2.05, 4.69) is 38.4 Å². The highest BCUT2D eigenvalue weighted by Gasteiger charge is 2.33. The van der Waals surface area contributed by atoms with E-state index in [1.165, 1.54) is 0 Å². The monoisotopic (exact) mass is 452 g/mol. The van der Waals surface area contributed by atoms with Gasteiger partial charge in [0.05, 0.1) is 16.9 Å². The van der Waals surface area contributed by atoms with Crippen molar-refractivity contribution in [1.29, 1.82) is 0 Å². The van der Waals surface area contributed by atoms with E-state index in [0.717, 1.165) is 40.7 Å². The number of carbonyl (C=O) groups excluding carboxylic acids is 1. The van der Waals surface area contributed by atoms with Crippen molar-refractivity contribution >= 4 is 28.4 Å². The Morgan fingerprint density at radius 3 is 2.71 bits per heavy atom. The van der Waals surface area contributed by atoms with Gasteiger partial charge in [0.1, 0.15) is 0 Å². The number of halogens is 1. The number of amides is 1. The molecule has 2 aromatic carbocycles. The Hall–Kier alpha value is -4.20. The van der Waals surface area contributed by atoms with Crippen LogP contribution in [-0.2, 0) is 0 Å². The van der Waals surface area contributed by atoms with Crippen LogP contribution in [0.2, 0.25) is 0 Å². The van der Waals surface area contributed by atoms with Gasteiger partial charge in [0.15, 0.2) is 0 Å². The third-order valence-electron chi connectivity index (χ3n) is 6.26. The summed E-state index contributed by atoms with van der Waals surface area (Å²) in [5.41, 5.74) is 4.16. The average Bonchev–Trinajstić information content (AvgIpc) is 3.65. The average molecular weight is 452 g/mol. The summed E-state index contributed by atoms with van der Waals surface area (Å²) in [4.78, 5) is 25.7. The molecule has 0 aliphatic heterocycles. The molecule has 1 atom stereocenters. The minimum Gasteiger partial charge on any atom is -0.301 e. The first-order valence-electron chi connectivity index (χ1n) is 11.3. The molecule has 168 valence electrons. The van der Waals surface area contributed by atoms with Crippen LogP contribution in [0.3, 0.4) is 0 Å². The Kier molecular flexibility index (Phi) is 4.79. The van der Waals surface area contributed by atoms with Crippen molar-refractivity contribution in [2.75, 3.05) is 5.32 Å². The number of imidazole rings is 1. The van der Waals surface area contributed by atoms with Crippen molar-refractivity contribution < 1.29 is 9.18 Å². The first-order valence-corrected chi connectivity index (χ1v) is 11.3. The Labute approximate surface area is 194 Å². The summed E-state index contributed by atoms with van der Waals surface area (Å²) in [7, 11) is 0. The van der Waals surface area contributed by atoms with E-state index >= 15 is 0 Å². The summed E-state index contributed by atoms with van der Waals surface area (Å²) in [5.74, 6) is -1.10. The SMILES string of the molecule is CC(c1ccc2ncccc2c1)c1c(C2CC2)nc2nc(F)c(NC(=O)c3ccccc3)nn12. The van der Waals surface area contributed by atoms with Crippen LogP contribution in [0.1, 0.15) is 58.9 Å². The van der Waals surface area contributed by atoms with E-state index < -0.39 is 11.9 Å². The Balaban J connectivity index is 1.45. The molecule has 1 aliphatic rings. The van der Waals surface area contributed by atoms with Crippen molar-refractivity contribution in [2.45, 2.75) is 31.6 Å². The fourth-order valence-corrected chi connectivity index (χ4v) is 4.31. The van der Waals surface area contributed by atoms with E-state index in [1.54, 1.807) is 35.0 Å². The van der Waals surface area contributed by atoms with Gasteiger partial charge in [-0.25, -0.2) is 4.98 Å². The molecule has 0 radical (unpaired) electrons. The Morgan fingerprint density at radius 1 is 1.09 bits per heavy atom. The maximum atomic E-state index is 14.8. The molecule has 0 saturated heterocycles. The summed E-state index contributed by atoms with van der Waals surface area (Å²) in [5, 5.41) is 8.05. The second kappa shape index (κ2) is 7.98. The maximum absolute atomic E-state index is 14.8. The van der Waals surface area contributed by atoms with Crippen LogP contribution in [0.25, 0.3) is 16.7 Å². The van der Waals surface area contributed by atoms with Crippen LogP contribution < -0.4 is 5.32 Å². The van der Waals surface area contributed by atoms with Crippen LogP contribution in [0, 0.1) is 5.95 Å². The van der Waals surface area contributed by atoms with Gasteiger partial charge in [-0.15, -0.1) is 5.10 Å². The van der Waals surface area contributed by atoms with Crippen molar-refractivity contribution in [3.63, 3.8) is 0 Å². The van der Waals surface area contributed by atoms with Gasteiger partial charge in [0.2, 0.25) is 5.82 Å². The van der Waals surface area contributed by atoms with Gasteiger partial charge in [-0.2, -0.15) is 13.9 Å². The van der Waals surface area contributed by atoms with Crippen molar-refractivity contribution in [3.8, 4) is 0 Å². The maximum Gasteiger partial charge on any atom is 0.261 e. The standard InChI is InChI=1S/C26H21FN6O/c1-15(18-11-12-20-19(14-18)8-5-13-28-20)22-21(16-9-10-16)29-26-30-23(27)24(32-33(22)26)31-25(34)17-6-3-2-4-7-17/h2-8,11-16H,9-10H2,1H3,(H,31,32,34). The van der Waals surface area contributed by atoms with E-state index in [-0.39, 0.29) is 17.5 Å². The van der Waals surface area contributed by atoms with Gasteiger partial charge in [0, 0.05) is 29.0 Å². The van der Waals surface area contributed by atoms with Gasteiger partial charge in [-0.05, 0) is 48.7 Å². The second-order valence-corrected chi connectivity index (χ2v) is 8.62. The lowest BCUT2D eigenvalue weighted by atomic mass is 9.94. The number of benzene rings is 2. The van der Waals surface area contributed by atoms with Crippen LogP contribution >= 0.6 is 0 Å². The number of nitrogens with zero attached hydrogens (tertiary/aromatic N) is 5. The molecule has 0 spiro atoms. The molecule has 1 aliphatic carbocycles. The van der Waals surface area contributed by atoms with Crippen molar-refractivity contribution in [1.82, 2.24) is 24.6 Å². The topological polar surface area (TPSA) is 85.1 Å². The molecular formula is C26H21FN6O. The number of rotatable bonds is 5. The van der Waals surface area contributed by atoms with Gasteiger partial charge in [-0.1, -0.05) is 37.3 Å². The van der Waals surface area contributed by atoms with Crippen molar-refractivity contribution in [3.05, 3.63) is 95.3 Å². The number of hydrogen-bond acceptors (Lipinski definition) is 5. The summed E-state index contributed by atoms with van der Waals surface area (Å²) in [6, 6.07) is 18.7. The van der Waals surface area contributed by atoms with Crippen LogP contribution in [0.15, 0.2) is 66.9 Å². The first-order chi connectivity index (χ1) is 16.6. The Morgan fingerprint density at radius 2 is 1.91 bits per heavy atom. The highest BCUT2D eigenvalue weighted by molar-refractivity contribution is 6.03. The molecular weight excluding hydrogens is 431 g/mol. The molecule has 3 aromatic heterocycles. The molecule has 1 unspecified atom stereocenters. The second-order valence-electron chi connectivity index (χ2n) is 8.62. The third kappa shape index (κ3) is 3.57. The molecule has 1 saturated carbocycles. The Bertz CT molecular complexity index is 1540. The molecule has 6 rings (SSSR count). The highest BCUT2D eigenvalue weighted by Crippen LogP contribution is 2.44. The van der Waals surface area contributed by atoms with Gasteiger partial charge >= 0.3 is 0 Å².